The number of nitrogens with two attached hydrogens (primary N) is 1. The molecule has 1 aliphatic carbocycles. The van der Waals surface area contributed by atoms with Crippen LogP contribution in [0.1, 0.15) is 10.6 Å². The molecule has 0 saturated heterocycles. The SMILES string of the molecule is Nc1nc2c(s1)-c1c(sc3nc4ccccc4n13)CC2. The fourth-order valence-corrected chi connectivity index (χ4v) is 5.07. The highest BCUT2D eigenvalue weighted by Crippen LogP contribution is 2.43. The van der Waals surface area contributed by atoms with Crippen LogP contribution in [-0.4, -0.2) is 14.4 Å². The molecule has 6 heteroatoms. The highest BCUT2D eigenvalue weighted by molar-refractivity contribution is 7.20. The van der Waals surface area contributed by atoms with Crippen LogP contribution in [0, 0.1) is 0 Å². The molecule has 0 unspecified atom stereocenters. The molecule has 0 spiro atoms. The summed E-state index contributed by atoms with van der Waals surface area (Å²) in [6.45, 7) is 0. The summed E-state index contributed by atoms with van der Waals surface area (Å²) in [7, 11) is 0. The highest BCUT2D eigenvalue weighted by Gasteiger charge is 2.26. The summed E-state index contributed by atoms with van der Waals surface area (Å²) in [6.07, 6.45) is 2.02. The third-order valence-electron chi connectivity index (χ3n) is 3.75. The van der Waals surface area contributed by atoms with Crippen molar-refractivity contribution in [3.8, 4) is 10.6 Å². The van der Waals surface area contributed by atoms with Crippen molar-refractivity contribution in [2.24, 2.45) is 0 Å². The summed E-state index contributed by atoms with van der Waals surface area (Å²) in [5, 5.41) is 0.659. The Morgan fingerprint density at radius 2 is 2.00 bits per heavy atom. The molecule has 1 aliphatic rings. The Bertz CT molecular complexity index is 976. The van der Waals surface area contributed by atoms with Gasteiger partial charge in [0.2, 0.25) is 0 Å². The van der Waals surface area contributed by atoms with Gasteiger partial charge in [0.25, 0.3) is 0 Å². The number of aryl methyl sites for hydroxylation is 2. The number of anilines is 1. The predicted molar refractivity (Wildman–Crippen MR) is 83.5 cm³/mol. The quantitative estimate of drug-likeness (QED) is 0.541. The number of hydrogen-bond donors (Lipinski definition) is 1. The van der Waals surface area contributed by atoms with Gasteiger partial charge in [0.1, 0.15) is 0 Å². The largest absolute Gasteiger partial charge is 0.375 e. The smallest absolute Gasteiger partial charge is 0.195 e. The van der Waals surface area contributed by atoms with Gasteiger partial charge in [-0.2, -0.15) is 0 Å². The van der Waals surface area contributed by atoms with E-state index in [0.29, 0.717) is 5.13 Å². The normalized spacial score (nSPS) is 13.8. The van der Waals surface area contributed by atoms with Crippen LogP contribution in [0.15, 0.2) is 24.3 Å². The molecule has 2 N–H and O–H groups in total. The Hall–Kier alpha value is -1.92. The molecule has 0 fully saturated rings. The number of aromatic nitrogens is 3. The number of fused-ring (bicyclic) bond motifs is 7. The van der Waals surface area contributed by atoms with Crippen molar-refractivity contribution in [1.29, 1.82) is 0 Å². The summed E-state index contributed by atoms with van der Waals surface area (Å²) in [5.41, 5.74) is 10.5. The molecule has 5 rings (SSSR count). The van der Waals surface area contributed by atoms with Crippen LogP contribution in [0.4, 0.5) is 5.13 Å². The van der Waals surface area contributed by atoms with Gasteiger partial charge >= 0.3 is 0 Å². The summed E-state index contributed by atoms with van der Waals surface area (Å²) < 4.78 is 2.27. The molecule has 0 aliphatic heterocycles. The van der Waals surface area contributed by atoms with Gasteiger partial charge < -0.3 is 5.73 Å². The minimum absolute atomic E-state index is 0.659. The molecule has 4 aromatic rings. The number of thiazole rings is 2. The topological polar surface area (TPSA) is 56.2 Å². The molecule has 20 heavy (non-hydrogen) atoms. The second-order valence-electron chi connectivity index (χ2n) is 4.92. The van der Waals surface area contributed by atoms with Crippen molar-refractivity contribution in [3.63, 3.8) is 0 Å². The van der Waals surface area contributed by atoms with Gasteiger partial charge in [-0.1, -0.05) is 23.5 Å². The van der Waals surface area contributed by atoms with Gasteiger partial charge in [0, 0.05) is 4.88 Å². The maximum Gasteiger partial charge on any atom is 0.195 e. The Morgan fingerprint density at radius 1 is 1.10 bits per heavy atom. The van der Waals surface area contributed by atoms with E-state index in [-0.39, 0.29) is 0 Å². The fraction of sp³-hybridized carbons (Fsp3) is 0.143. The van der Waals surface area contributed by atoms with Crippen molar-refractivity contribution in [2.45, 2.75) is 12.8 Å². The van der Waals surface area contributed by atoms with Gasteiger partial charge in [-0.25, -0.2) is 9.97 Å². The zero-order chi connectivity index (χ0) is 13.3. The third kappa shape index (κ3) is 1.25. The van der Waals surface area contributed by atoms with Crippen LogP contribution in [0.5, 0.6) is 0 Å². The molecule has 0 amide bonds. The van der Waals surface area contributed by atoms with Crippen LogP contribution in [0.3, 0.4) is 0 Å². The van der Waals surface area contributed by atoms with Crippen molar-refractivity contribution in [3.05, 3.63) is 34.8 Å². The molecule has 0 saturated carbocycles. The average Bonchev–Trinajstić information content (AvgIpc) is 3.07. The van der Waals surface area contributed by atoms with E-state index in [1.165, 1.54) is 21.0 Å². The Balaban J connectivity index is 1.98. The molecule has 4 nitrogen and oxygen atoms in total. The van der Waals surface area contributed by atoms with Gasteiger partial charge in [-0.3, -0.25) is 4.40 Å². The van der Waals surface area contributed by atoms with Crippen molar-refractivity contribution < 1.29 is 0 Å². The summed E-state index contributed by atoms with van der Waals surface area (Å²) in [5.74, 6) is 0. The molecule has 3 aromatic heterocycles. The molecule has 0 bridgehead atoms. The Labute approximate surface area is 122 Å². The van der Waals surface area contributed by atoms with E-state index in [1.807, 2.05) is 6.07 Å². The van der Waals surface area contributed by atoms with E-state index in [9.17, 15) is 0 Å². The Kier molecular flexibility index (Phi) is 1.94. The third-order valence-corrected chi connectivity index (χ3v) is 5.78. The van der Waals surface area contributed by atoms with Crippen LogP contribution in [0.25, 0.3) is 26.6 Å². The van der Waals surface area contributed by atoms with Crippen LogP contribution in [0.2, 0.25) is 0 Å². The highest BCUT2D eigenvalue weighted by atomic mass is 32.1. The number of hydrogen-bond acceptors (Lipinski definition) is 5. The molecular weight excluding hydrogens is 288 g/mol. The first kappa shape index (κ1) is 10.8. The van der Waals surface area contributed by atoms with E-state index in [0.717, 1.165) is 29.0 Å². The lowest BCUT2D eigenvalue weighted by Crippen LogP contribution is -2.02. The number of para-hydroxylation sites is 2. The molecule has 98 valence electrons. The lowest BCUT2D eigenvalue weighted by molar-refractivity contribution is 0.920. The zero-order valence-electron chi connectivity index (χ0n) is 10.5. The summed E-state index contributed by atoms with van der Waals surface area (Å²) >= 11 is 3.38. The van der Waals surface area contributed by atoms with Crippen molar-refractivity contribution in [1.82, 2.24) is 14.4 Å². The molecule has 3 heterocycles. The monoisotopic (exact) mass is 298 g/mol. The number of benzene rings is 1. The number of nitrogen functional groups attached to an aromatic ring is 1. The van der Waals surface area contributed by atoms with Gasteiger partial charge in [-0.15, -0.1) is 11.3 Å². The lowest BCUT2D eigenvalue weighted by Gasteiger charge is -2.10. The van der Waals surface area contributed by atoms with E-state index in [1.54, 1.807) is 22.7 Å². The first-order chi connectivity index (χ1) is 9.81. The second-order valence-corrected chi connectivity index (χ2v) is 7.01. The minimum Gasteiger partial charge on any atom is -0.375 e. The van der Waals surface area contributed by atoms with Gasteiger partial charge in [0.15, 0.2) is 10.1 Å². The van der Waals surface area contributed by atoms with E-state index in [2.05, 4.69) is 27.6 Å². The first-order valence-corrected chi connectivity index (χ1v) is 8.09. The standard InChI is InChI=1S/C14H10N4S2/c15-13-16-8-5-6-10-11(12(8)20-13)18-9-4-2-1-3-7(9)17-14(18)19-10/h1-4H,5-6H2,(H2,15,16). The summed E-state index contributed by atoms with van der Waals surface area (Å²) in [6, 6.07) is 8.28. The van der Waals surface area contributed by atoms with Gasteiger partial charge in [0.05, 0.1) is 27.3 Å². The van der Waals surface area contributed by atoms with Crippen molar-refractivity contribution >= 4 is 43.8 Å². The summed E-state index contributed by atoms with van der Waals surface area (Å²) in [4.78, 5) is 12.9. The predicted octanol–water partition coefficient (Wildman–Crippen LogP) is 3.35. The van der Waals surface area contributed by atoms with E-state index in [4.69, 9.17) is 10.7 Å². The molecule has 0 radical (unpaired) electrons. The molecule has 0 atom stereocenters. The number of nitrogens with zero attached hydrogens (tertiary/aromatic N) is 3. The van der Waals surface area contributed by atoms with Crippen LogP contribution >= 0.6 is 22.7 Å². The van der Waals surface area contributed by atoms with Crippen LogP contribution in [-0.2, 0) is 12.8 Å². The average molecular weight is 298 g/mol. The maximum atomic E-state index is 5.90. The van der Waals surface area contributed by atoms with E-state index >= 15 is 0 Å². The van der Waals surface area contributed by atoms with Gasteiger partial charge in [-0.05, 0) is 25.0 Å². The van der Waals surface area contributed by atoms with E-state index < -0.39 is 0 Å². The minimum atomic E-state index is 0.659. The fourth-order valence-electron chi connectivity index (χ4n) is 2.93. The number of imidazole rings is 1. The second kappa shape index (κ2) is 3.59. The molecule has 1 aromatic carbocycles. The first-order valence-electron chi connectivity index (χ1n) is 6.45. The zero-order valence-corrected chi connectivity index (χ0v) is 12.1. The van der Waals surface area contributed by atoms with Crippen molar-refractivity contribution in [2.75, 3.05) is 5.73 Å². The van der Waals surface area contributed by atoms with Crippen LogP contribution < -0.4 is 5.73 Å². The number of rotatable bonds is 0. The maximum absolute atomic E-state index is 5.90. The lowest BCUT2D eigenvalue weighted by atomic mass is 10.1. The Morgan fingerprint density at radius 3 is 2.95 bits per heavy atom. The molecular formula is C14H10N4S2.